The van der Waals surface area contributed by atoms with Gasteiger partial charge in [-0.25, -0.2) is 0 Å². The predicted octanol–water partition coefficient (Wildman–Crippen LogP) is 3.53. The molecule has 3 heteroatoms. The molecule has 18 heavy (non-hydrogen) atoms. The average Bonchev–Trinajstić information content (AvgIpc) is 2.37. The van der Waals surface area contributed by atoms with Crippen LogP contribution < -0.4 is 5.73 Å². The number of aliphatic hydroxyl groups is 1. The molecule has 1 aromatic rings. The zero-order valence-corrected chi connectivity index (χ0v) is 11.7. The van der Waals surface area contributed by atoms with E-state index in [1.54, 1.807) is 0 Å². The van der Waals surface area contributed by atoms with Crippen LogP contribution in [-0.4, -0.2) is 11.7 Å². The molecule has 1 fully saturated rings. The van der Waals surface area contributed by atoms with Crippen LogP contribution in [0, 0.1) is 11.3 Å². The van der Waals surface area contributed by atoms with Gasteiger partial charge in [0.25, 0.3) is 0 Å². The van der Waals surface area contributed by atoms with Gasteiger partial charge in [-0.1, -0.05) is 43.5 Å². The lowest BCUT2D eigenvalue weighted by molar-refractivity contribution is -0.0130. The highest BCUT2D eigenvalue weighted by molar-refractivity contribution is 6.30. The second-order valence-electron chi connectivity index (χ2n) is 5.73. The minimum atomic E-state index is -0.510. The van der Waals surface area contributed by atoms with Gasteiger partial charge in [-0.2, -0.15) is 0 Å². The number of nitrogens with two attached hydrogens (primary N) is 1. The van der Waals surface area contributed by atoms with Crippen LogP contribution in [0.2, 0.25) is 5.02 Å². The molecule has 3 atom stereocenters. The van der Waals surface area contributed by atoms with Crippen LogP contribution in [0.1, 0.15) is 44.3 Å². The molecule has 0 radical (unpaired) electrons. The molecule has 0 amide bonds. The van der Waals surface area contributed by atoms with Gasteiger partial charge in [-0.15, -0.1) is 0 Å². The van der Waals surface area contributed by atoms with Crippen molar-refractivity contribution in [3.63, 3.8) is 0 Å². The molecule has 0 spiro atoms. The van der Waals surface area contributed by atoms with E-state index in [4.69, 9.17) is 17.3 Å². The zero-order valence-electron chi connectivity index (χ0n) is 10.9. The molecule has 2 nitrogen and oxygen atoms in total. The van der Waals surface area contributed by atoms with Crippen LogP contribution in [0.5, 0.6) is 0 Å². The minimum absolute atomic E-state index is 0.178. The van der Waals surface area contributed by atoms with E-state index in [2.05, 4.69) is 6.92 Å². The fraction of sp³-hybridized carbons (Fsp3) is 0.600. The molecular weight excluding hydrogens is 246 g/mol. The van der Waals surface area contributed by atoms with Crippen LogP contribution in [0.3, 0.4) is 0 Å². The standard InChI is InChI=1S/C15H22ClNO/c1-11-4-3-7-15(9-11,10-17)14(18)12-5-2-6-13(16)8-12/h2,5-6,8,11,14,18H,3-4,7,9-10,17H2,1H3. The third-order valence-corrected chi connectivity index (χ3v) is 4.51. The number of rotatable bonds is 3. The Labute approximate surface area is 114 Å². The van der Waals surface area contributed by atoms with Gasteiger partial charge in [0, 0.05) is 17.0 Å². The van der Waals surface area contributed by atoms with E-state index in [9.17, 15) is 5.11 Å². The van der Waals surface area contributed by atoms with Gasteiger partial charge in [0.15, 0.2) is 0 Å². The number of benzene rings is 1. The van der Waals surface area contributed by atoms with Crippen molar-refractivity contribution in [2.75, 3.05) is 6.54 Å². The number of halogens is 1. The smallest absolute Gasteiger partial charge is 0.0858 e. The number of hydrogen-bond acceptors (Lipinski definition) is 2. The van der Waals surface area contributed by atoms with Crippen molar-refractivity contribution in [2.24, 2.45) is 17.1 Å². The largest absolute Gasteiger partial charge is 0.388 e. The second-order valence-corrected chi connectivity index (χ2v) is 6.16. The monoisotopic (exact) mass is 267 g/mol. The molecule has 0 saturated heterocycles. The normalized spacial score (nSPS) is 30.1. The third-order valence-electron chi connectivity index (χ3n) is 4.28. The Morgan fingerprint density at radius 2 is 2.33 bits per heavy atom. The first-order valence-electron chi connectivity index (χ1n) is 6.71. The molecule has 1 aliphatic rings. The lowest BCUT2D eigenvalue weighted by Gasteiger charge is -2.43. The Morgan fingerprint density at radius 1 is 1.56 bits per heavy atom. The highest BCUT2D eigenvalue weighted by Crippen LogP contribution is 2.47. The Morgan fingerprint density at radius 3 is 2.94 bits per heavy atom. The molecule has 100 valence electrons. The summed E-state index contributed by atoms with van der Waals surface area (Å²) in [7, 11) is 0. The SMILES string of the molecule is CC1CCCC(CN)(C(O)c2cccc(Cl)c2)C1. The van der Waals surface area contributed by atoms with Crippen molar-refractivity contribution in [3.05, 3.63) is 34.9 Å². The molecule has 3 unspecified atom stereocenters. The summed E-state index contributed by atoms with van der Waals surface area (Å²) in [6, 6.07) is 7.50. The quantitative estimate of drug-likeness (QED) is 0.880. The Bertz CT molecular complexity index is 409. The topological polar surface area (TPSA) is 46.2 Å². The summed E-state index contributed by atoms with van der Waals surface area (Å²) in [5.41, 5.74) is 6.70. The molecule has 3 N–H and O–H groups in total. The minimum Gasteiger partial charge on any atom is -0.388 e. The maximum atomic E-state index is 10.7. The van der Waals surface area contributed by atoms with Crippen LogP contribution >= 0.6 is 11.6 Å². The van der Waals surface area contributed by atoms with Crippen LogP contribution in [0.25, 0.3) is 0 Å². The van der Waals surface area contributed by atoms with Crippen molar-refractivity contribution in [3.8, 4) is 0 Å². The van der Waals surface area contributed by atoms with Gasteiger partial charge in [-0.05, 0) is 36.5 Å². The summed E-state index contributed by atoms with van der Waals surface area (Å²) >= 11 is 6.00. The van der Waals surface area contributed by atoms with Crippen molar-refractivity contribution in [2.45, 2.75) is 38.7 Å². The van der Waals surface area contributed by atoms with Crippen molar-refractivity contribution in [1.29, 1.82) is 0 Å². The van der Waals surface area contributed by atoms with Crippen LogP contribution in [0.4, 0.5) is 0 Å². The molecule has 1 aromatic carbocycles. The second kappa shape index (κ2) is 5.60. The summed E-state index contributed by atoms with van der Waals surface area (Å²) in [6.07, 6.45) is 3.88. The Kier molecular flexibility index (Phi) is 4.31. The summed E-state index contributed by atoms with van der Waals surface area (Å²) in [6.45, 7) is 2.78. The summed E-state index contributed by atoms with van der Waals surface area (Å²) < 4.78 is 0. The summed E-state index contributed by atoms with van der Waals surface area (Å²) in [4.78, 5) is 0. The predicted molar refractivity (Wildman–Crippen MR) is 75.5 cm³/mol. The fourth-order valence-electron chi connectivity index (χ4n) is 3.28. The van der Waals surface area contributed by atoms with E-state index >= 15 is 0 Å². The van der Waals surface area contributed by atoms with Crippen molar-refractivity contribution in [1.82, 2.24) is 0 Å². The molecule has 0 bridgehead atoms. The van der Waals surface area contributed by atoms with Crippen LogP contribution in [0.15, 0.2) is 24.3 Å². The van der Waals surface area contributed by atoms with E-state index < -0.39 is 6.10 Å². The third kappa shape index (κ3) is 2.71. The van der Waals surface area contributed by atoms with Crippen LogP contribution in [-0.2, 0) is 0 Å². The maximum absolute atomic E-state index is 10.7. The lowest BCUT2D eigenvalue weighted by Crippen LogP contribution is -2.40. The first-order valence-corrected chi connectivity index (χ1v) is 7.09. The Balaban J connectivity index is 2.26. The van der Waals surface area contributed by atoms with Gasteiger partial charge in [-0.3, -0.25) is 0 Å². The summed E-state index contributed by atoms with van der Waals surface area (Å²) in [5.74, 6) is 0.635. The van der Waals surface area contributed by atoms with E-state index in [0.717, 1.165) is 24.8 Å². The van der Waals surface area contributed by atoms with E-state index in [0.29, 0.717) is 17.5 Å². The number of aliphatic hydroxyl groups excluding tert-OH is 1. The van der Waals surface area contributed by atoms with Gasteiger partial charge >= 0.3 is 0 Å². The molecule has 0 aromatic heterocycles. The first-order chi connectivity index (χ1) is 8.57. The van der Waals surface area contributed by atoms with Crippen molar-refractivity contribution >= 4 is 11.6 Å². The molecule has 0 heterocycles. The number of hydrogen-bond donors (Lipinski definition) is 2. The molecule has 1 saturated carbocycles. The fourth-order valence-corrected chi connectivity index (χ4v) is 3.48. The molecule has 0 aliphatic heterocycles. The van der Waals surface area contributed by atoms with E-state index in [-0.39, 0.29) is 5.41 Å². The first kappa shape index (κ1) is 13.9. The average molecular weight is 268 g/mol. The molecular formula is C15H22ClNO. The molecule has 1 aliphatic carbocycles. The van der Waals surface area contributed by atoms with Gasteiger partial charge in [0.1, 0.15) is 0 Å². The maximum Gasteiger partial charge on any atom is 0.0858 e. The van der Waals surface area contributed by atoms with E-state index in [1.807, 2.05) is 24.3 Å². The Hall–Kier alpha value is -0.570. The highest BCUT2D eigenvalue weighted by atomic mass is 35.5. The zero-order chi connectivity index (χ0) is 13.2. The van der Waals surface area contributed by atoms with Gasteiger partial charge in [0.05, 0.1) is 6.10 Å². The van der Waals surface area contributed by atoms with Crippen molar-refractivity contribution < 1.29 is 5.11 Å². The van der Waals surface area contributed by atoms with Gasteiger partial charge in [0.2, 0.25) is 0 Å². The molecule has 2 rings (SSSR count). The van der Waals surface area contributed by atoms with Gasteiger partial charge < -0.3 is 10.8 Å². The van der Waals surface area contributed by atoms with E-state index in [1.165, 1.54) is 6.42 Å². The lowest BCUT2D eigenvalue weighted by atomic mass is 9.65. The highest BCUT2D eigenvalue weighted by Gasteiger charge is 2.40. The summed E-state index contributed by atoms with van der Waals surface area (Å²) in [5, 5.41) is 11.4.